The molecule has 0 bridgehead atoms. The average molecular weight is 157 g/mol. The maximum atomic E-state index is 3.71. The second-order valence-electron chi connectivity index (χ2n) is 3.11. The van der Waals surface area contributed by atoms with E-state index >= 15 is 0 Å². The van der Waals surface area contributed by atoms with Gasteiger partial charge in [-0.3, -0.25) is 0 Å². The van der Waals surface area contributed by atoms with Gasteiger partial charge in [-0.2, -0.15) is 0 Å². The molecule has 0 aliphatic rings. The zero-order chi connectivity index (χ0) is 7.82. The monoisotopic (exact) mass is 157 g/mol. The van der Waals surface area contributed by atoms with Gasteiger partial charge in [0.1, 0.15) is 0 Å². The summed E-state index contributed by atoms with van der Waals surface area (Å²) in [6.45, 7) is 8.30. The standard InChI is InChI=1S/C10H20.H3N/c1-4-6-8-10(3)9-7-5-2;/h4,10H,1,5-9H2,2-3H3;1H3. The Hall–Kier alpha value is -0.300. The SMILES string of the molecule is C=CCCC(C)CCCC.N. The molecular formula is C10H23N. The van der Waals surface area contributed by atoms with Crippen LogP contribution in [-0.2, 0) is 0 Å². The minimum atomic E-state index is 0. The van der Waals surface area contributed by atoms with Crippen molar-refractivity contribution in [1.29, 1.82) is 0 Å². The van der Waals surface area contributed by atoms with Crippen molar-refractivity contribution in [1.82, 2.24) is 6.15 Å². The van der Waals surface area contributed by atoms with Gasteiger partial charge in [-0.1, -0.05) is 39.2 Å². The van der Waals surface area contributed by atoms with Crippen molar-refractivity contribution in [2.45, 2.75) is 46.0 Å². The molecule has 1 atom stereocenters. The lowest BCUT2D eigenvalue weighted by Crippen LogP contribution is -1.92. The van der Waals surface area contributed by atoms with Gasteiger partial charge in [0, 0.05) is 0 Å². The van der Waals surface area contributed by atoms with Crippen LogP contribution in [0.5, 0.6) is 0 Å². The van der Waals surface area contributed by atoms with E-state index in [0.717, 1.165) is 5.92 Å². The van der Waals surface area contributed by atoms with Gasteiger partial charge in [-0.15, -0.1) is 6.58 Å². The van der Waals surface area contributed by atoms with Gasteiger partial charge >= 0.3 is 0 Å². The van der Waals surface area contributed by atoms with E-state index in [4.69, 9.17) is 0 Å². The molecule has 0 spiro atoms. The molecule has 0 fully saturated rings. The Balaban J connectivity index is 0. The van der Waals surface area contributed by atoms with Crippen molar-refractivity contribution in [2.24, 2.45) is 5.92 Å². The van der Waals surface area contributed by atoms with Crippen LogP contribution in [0.15, 0.2) is 12.7 Å². The Morgan fingerprint density at radius 3 is 2.45 bits per heavy atom. The molecule has 0 aliphatic carbocycles. The van der Waals surface area contributed by atoms with E-state index < -0.39 is 0 Å². The molecule has 0 aromatic rings. The van der Waals surface area contributed by atoms with Crippen LogP contribution in [-0.4, -0.2) is 0 Å². The molecule has 68 valence electrons. The number of rotatable bonds is 6. The third-order valence-electron chi connectivity index (χ3n) is 1.91. The summed E-state index contributed by atoms with van der Waals surface area (Å²) in [6, 6.07) is 0. The summed E-state index contributed by atoms with van der Waals surface area (Å²) in [7, 11) is 0. The van der Waals surface area contributed by atoms with Crippen LogP contribution in [0.1, 0.15) is 46.0 Å². The second-order valence-corrected chi connectivity index (χ2v) is 3.11. The lowest BCUT2D eigenvalue weighted by molar-refractivity contribution is 0.476. The Bertz CT molecular complexity index is 78.9. The predicted molar refractivity (Wildman–Crippen MR) is 53.1 cm³/mol. The van der Waals surface area contributed by atoms with E-state index in [1.807, 2.05) is 6.08 Å². The van der Waals surface area contributed by atoms with E-state index in [1.54, 1.807) is 0 Å². The van der Waals surface area contributed by atoms with Crippen molar-refractivity contribution in [2.75, 3.05) is 0 Å². The molecule has 0 aromatic heterocycles. The van der Waals surface area contributed by atoms with Crippen molar-refractivity contribution >= 4 is 0 Å². The minimum Gasteiger partial charge on any atom is -0.344 e. The Morgan fingerprint density at radius 1 is 1.36 bits per heavy atom. The minimum absolute atomic E-state index is 0. The summed E-state index contributed by atoms with van der Waals surface area (Å²) in [5, 5.41) is 0. The number of allylic oxidation sites excluding steroid dienone is 1. The zero-order valence-corrected chi connectivity index (χ0v) is 8.10. The second kappa shape index (κ2) is 9.70. The first-order valence-corrected chi connectivity index (χ1v) is 4.42. The maximum Gasteiger partial charge on any atom is -0.0351 e. The number of unbranched alkanes of at least 4 members (excludes halogenated alkanes) is 1. The molecule has 1 unspecified atom stereocenters. The normalized spacial score (nSPS) is 11.8. The zero-order valence-electron chi connectivity index (χ0n) is 8.10. The van der Waals surface area contributed by atoms with E-state index in [0.29, 0.717) is 0 Å². The van der Waals surface area contributed by atoms with Crippen LogP contribution >= 0.6 is 0 Å². The van der Waals surface area contributed by atoms with Crippen molar-refractivity contribution in [3.63, 3.8) is 0 Å². The van der Waals surface area contributed by atoms with Gasteiger partial charge in [-0.25, -0.2) is 0 Å². The highest BCUT2D eigenvalue weighted by molar-refractivity contribution is 4.67. The summed E-state index contributed by atoms with van der Waals surface area (Å²) in [5.74, 6) is 0.901. The van der Waals surface area contributed by atoms with Gasteiger partial charge in [0.25, 0.3) is 0 Å². The highest BCUT2D eigenvalue weighted by Crippen LogP contribution is 2.13. The van der Waals surface area contributed by atoms with Gasteiger partial charge in [0.2, 0.25) is 0 Å². The molecule has 0 aliphatic heterocycles. The molecule has 0 heterocycles. The first-order chi connectivity index (χ1) is 4.81. The van der Waals surface area contributed by atoms with Crippen LogP contribution in [0.3, 0.4) is 0 Å². The van der Waals surface area contributed by atoms with E-state index in [2.05, 4.69) is 20.4 Å². The molecule has 11 heavy (non-hydrogen) atoms. The number of hydrogen-bond acceptors (Lipinski definition) is 1. The molecule has 1 heteroatoms. The van der Waals surface area contributed by atoms with Crippen LogP contribution < -0.4 is 6.15 Å². The van der Waals surface area contributed by atoms with Gasteiger partial charge in [-0.05, 0) is 18.8 Å². The lowest BCUT2D eigenvalue weighted by atomic mass is 9.99. The molecule has 0 amide bonds. The van der Waals surface area contributed by atoms with Gasteiger partial charge in [0.15, 0.2) is 0 Å². The van der Waals surface area contributed by atoms with Crippen molar-refractivity contribution in [3.05, 3.63) is 12.7 Å². The summed E-state index contributed by atoms with van der Waals surface area (Å²) in [6.07, 6.45) is 8.64. The fraction of sp³-hybridized carbons (Fsp3) is 0.800. The molecule has 0 saturated heterocycles. The predicted octanol–water partition coefficient (Wildman–Crippen LogP) is 3.94. The summed E-state index contributed by atoms with van der Waals surface area (Å²) >= 11 is 0. The molecular weight excluding hydrogens is 134 g/mol. The van der Waals surface area contributed by atoms with Gasteiger partial charge < -0.3 is 6.15 Å². The molecule has 0 aromatic carbocycles. The van der Waals surface area contributed by atoms with Crippen LogP contribution in [0, 0.1) is 5.92 Å². The average Bonchev–Trinajstić information content (AvgIpc) is 1.97. The van der Waals surface area contributed by atoms with E-state index in [1.165, 1.54) is 32.1 Å². The summed E-state index contributed by atoms with van der Waals surface area (Å²) in [4.78, 5) is 0. The quantitative estimate of drug-likeness (QED) is 0.582. The molecule has 1 nitrogen and oxygen atoms in total. The van der Waals surface area contributed by atoms with E-state index in [-0.39, 0.29) is 6.15 Å². The Labute approximate surface area is 71.5 Å². The maximum absolute atomic E-state index is 3.71. The molecule has 0 saturated carbocycles. The highest BCUT2D eigenvalue weighted by atomic mass is 14.0. The van der Waals surface area contributed by atoms with Crippen molar-refractivity contribution < 1.29 is 0 Å². The smallest absolute Gasteiger partial charge is 0.0351 e. The third-order valence-corrected chi connectivity index (χ3v) is 1.91. The number of hydrogen-bond donors (Lipinski definition) is 1. The fourth-order valence-electron chi connectivity index (χ4n) is 1.10. The van der Waals surface area contributed by atoms with Crippen LogP contribution in [0.4, 0.5) is 0 Å². The topological polar surface area (TPSA) is 35.0 Å². The first kappa shape index (κ1) is 13.3. The molecule has 0 rings (SSSR count). The van der Waals surface area contributed by atoms with Crippen LogP contribution in [0.2, 0.25) is 0 Å². The summed E-state index contributed by atoms with van der Waals surface area (Å²) in [5.41, 5.74) is 0. The molecule has 0 radical (unpaired) electrons. The van der Waals surface area contributed by atoms with E-state index in [9.17, 15) is 0 Å². The van der Waals surface area contributed by atoms with Gasteiger partial charge in [0.05, 0.1) is 0 Å². The fourth-order valence-corrected chi connectivity index (χ4v) is 1.10. The van der Waals surface area contributed by atoms with Crippen LogP contribution in [0.25, 0.3) is 0 Å². The largest absolute Gasteiger partial charge is 0.344 e. The Morgan fingerprint density at radius 2 is 2.00 bits per heavy atom. The summed E-state index contributed by atoms with van der Waals surface area (Å²) < 4.78 is 0. The third kappa shape index (κ3) is 9.70. The first-order valence-electron chi connectivity index (χ1n) is 4.42. The highest BCUT2D eigenvalue weighted by Gasteiger charge is 1.98. The lowest BCUT2D eigenvalue weighted by Gasteiger charge is -2.07. The van der Waals surface area contributed by atoms with Crippen molar-refractivity contribution in [3.8, 4) is 0 Å². The Kier molecular flexibility index (Phi) is 11.7. The molecule has 3 N–H and O–H groups in total.